The lowest BCUT2D eigenvalue weighted by atomic mass is 10.1. The Bertz CT molecular complexity index is 337. The van der Waals surface area contributed by atoms with Gasteiger partial charge >= 0.3 is 7.82 Å². The van der Waals surface area contributed by atoms with E-state index in [1.807, 2.05) is 25.1 Å². The Kier molecular flexibility index (Phi) is 8.04. The van der Waals surface area contributed by atoms with E-state index in [9.17, 15) is 4.57 Å². The molecule has 0 aliphatic heterocycles. The zero-order chi connectivity index (χ0) is 13.3. The van der Waals surface area contributed by atoms with Crippen LogP contribution in [0.2, 0.25) is 0 Å². The van der Waals surface area contributed by atoms with Gasteiger partial charge in [0.1, 0.15) is 0 Å². The molecule has 0 radical (unpaired) electrons. The third-order valence-corrected chi connectivity index (χ3v) is 2.29. The molecule has 1 atom stereocenters. The van der Waals surface area contributed by atoms with Gasteiger partial charge in [-0.25, -0.2) is 4.57 Å². The van der Waals surface area contributed by atoms with Crippen LogP contribution in [0.1, 0.15) is 19.4 Å². The predicted molar refractivity (Wildman–Crippen MR) is 67.5 cm³/mol. The monoisotopic (exact) mass is 261 g/mol. The highest BCUT2D eigenvalue weighted by atomic mass is 31.2. The fraction of sp³-hybridized carbons (Fsp3) is 0.455. The van der Waals surface area contributed by atoms with Crippen LogP contribution in [0, 0.1) is 0 Å². The van der Waals surface area contributed by atoms with Crippen molar-refractivity contribution in [2.75, 3.05) is 6.61 Å². The first-order chi connectivity index (χ1) is 7.85. The van der Waals surface area contributed by atoms with Crippen LogP contribution in [0.5, 0.6) is 0 Å². The summed E-state index contributed by atoms with van der Waals surface area (Å²) in [6.07, 6.45) is 0.973. The van der Waals surface area contributed by atoms with Gasteiger partial charge in [0, 0.05) is 6.04 Å². The molecule has 1 unspecified atom stereocenters. The van der Waals surface area contributed by atoms with Crippen LogP contribution in [0.3, 0.4) is 0 Å². The lowest BCUT2D eigenvalue weighted by Crippen LogP contribution is -2.17. The highest BCUT2D eigenvalue weighted by molar-refractivity contribution is 7.46. The average Bonchev–Trinajstić information content (AvgIpc) is 2.17. The van der Waals surface area contributed by atoms with Crippen molar-refractivity contribution < 1.29 is 18.9 Å². The number of benzene rings is 1. The molecule has 1 rings (SSSR count). The van der Waals surface area contributed by atoms with Crippen molar-refractivity contribution in [1.29, 1.82) is 0 Å². The topological polar surface area (TPSA) is 92.8 Å². The Labute approximate surface area is 102 Å². The van der Waals surface area contributed by atoms with Crippen molar-refractivity contribution in [3.05, 3.63) is 35.9 Å². The van der Waals surface area contributed by atoms with E-state index in [4.69, 9.17) is 15.5 Å². The fourth-order valence-electron chi connectivity index (χ4n) is 1.15. The van der Waals surface area contributed by atoms with Gasteiger partial charge < -0.3 is 15.5 Å². The average molecular weight is 261 g/mol. The predicted octanol–water partition coefficient (Wildman–Crippen LogP) is 1.69. The van der Waals surface area contributed by atoms with Crippen molar-refractivity contribution in [1.82, 2.24) is 0 Å². The number of phosphoric ester groups is 1. The maximum atomic E-state index is 9.70. The third kappa shape index (κ3) is 11.6. The second-order valence-electron chi connectivity index (χ2n) is 3.58. The van der Waals surface area contributed by atoms with Gasteiger partial charge in [-0.3, -0.25) is 4.52 Å². The molecular formula is C11H20NO4P. The smallest absolute Gasteiger partial charge is 0.328 e. The van der Waals surface area contributed by atoms with E-state index in [1.54, 1.807) is 0 Å². The van der Waals surface area contributed by atoms with Crippen LogP contribution in [0.4, 0.5) is 0 Å². The van der Waals surface area contributed by atoms with Crippen LogP contribution < -0.4 is 5.73 Å². The number of phosphoric acid groups is 1. The van der Waals surface area contributed by atoms with Gasteiger partial charge in [0.05, 0.1) is 6.61 Å². The Morgan fingerprint density at radius 2 is 1.88 bits per heavy atom. The van der Waals surface area contributed by atoms with Gasteiger partial charge in [-0.2, -0.15) is 0 Å². The largest absolute Gasteiger partial charge is 0.469 e. The van der Waals surface area contributed by atoms with E-state index in [-0.39, 0.29) is 12.6 Å². The fourth-order valence-corrected chi connectivity index (χ4v) is 1.49. The van der Waals surface area contributed by atoms with E-state index in [0.29, 0.717) is 0 Å². The normalized spacial score (nSPS) is 12.5. The highest BCUT2D eigenvalue weighted by Gasteiger charge is 2.10. The second kappa shape index (κ2) is 8.39. The second-order valence-corrected chi connectivity index (χ2v) is 4.81. The third-order valence-electron chi connectivity index (χ3n) is 1.70. The molecule has 1 aromatic rings. The van der Waals surface area contributed by atoms with Gasteiger partial charge in [0.15, 0.2) is 0 Å². The summed E-state index contributed by atoms with van der Waals surface area (Å²) < 4.78 is 13.6. The molecule has 0 heterocycles. The molecule has 0 amide bonds. The van der Waals surface area contributed by atoms with Gasteiger partial charge in [-0.05, 0) is 25.8 Å². The van der Waals surface area contributed by atoms with Gasteiger partial charge in [-0.15, -0.1) is 0 Å². The number of hydrogen-bond acceptors (Lipinski definition) is 3. The first kappa shape index (κ1) is 16.3. The van der Waals surface area contributed by atoms with Crippen LogP contribution in [-0.4, -0.2) is 22.4 Å². The first-order valence-electron chi connectivity index (χ1n) is 5.34. The molecule has 0 aromatic heterocycles. The first-order valence-corrected chi connectivity index (χ1v) is 6.87. The minimum atomic E-state index is -4.17. The molecule has 6 heteroatoms. The molecule has 4 N–H and O–H groups in total. The van der Waals surface area contributed by atoms with Gasteiger partial charge in [-0.1, -0.05) is 30.3 Å². The van der Waals surface area contributed by atoms with Crippen LogP contribution in [-0.2, 0) is 15.5 Å². The highest BCUT2D eigenvalue weighted by Crippen LogP contribution is 2.34. The minimum Gasteiger partial charge on any atom is -0.328 e. The van der Waals surface area contributed by atoms with E-state index >= 15 is 0 Å². The molecule has 0 saturated heterocycles. The van der Waals surface area contributed by atoms with Crippen molar-refractivity contribution in [2.45, 2.75) is 26.3 Å². The summed E-state index contributed by atoms with van der Waals surface area (Å²) in [6, 6.07) is 10.6. The zero-order valence-corrected chi connectivity index (χ0v) is 11.0. The molecule has 0 spiro atoms. The summed E-state index contributed by atoms with van der Waals surface area (Å²) in [5.74, 6) is 0. The summed E-state index contributed by atoms with van der Waals surface area (Å²) in [5, 5.41) is 0. The molecule has 98 valence electrons. The molecule has 0 bridgehead atoms. The van der Waals surface area contributed by atoms with E-state index in [2.05, 4.69) is 16.7 Å². The van der Waals surface area contributed by atoms with Crippen LogP contribution >= 0.6 is 7.82 Å². The summed E-state index contributed by atoms with van der Waals surface area (Å²) in [4.78, 5) is 15.8. The molecular weight excluding hydrogens is 241 g/mol. The minimum absolute atomic E-state index is 0.0459. The number of hydrogen-bond donors (Lipinski definition) is 3. The molecule has 5 nitrogen and oxygen atoms in total. The maximum Gasteiger partial charge on any atom is 0.469 e. The summed E-state index contributed by atoms with van der Waals surface area (Å²) in [5.41, 5.74) is 6.94. The molecule has 0 aliphatic carbocycles. The van der Waals surface area contributed by atoms with E-state index < -0.39 is 7.82 Å². The number of rotatable bonds is 4. The van der Waals surface area contributed by atoms with Crippen LogP contribution in [0.15, 0.2) is 30.3 Å². The Morgan fingerprint density at radius 3 is 2.18 bits per heavy atom. The summed E-state index contributed by atoms with van der Waals surface area (Å²) in [7, 11) is -4.17. The molecule has 0 fully saturated rings. The molecule has 0 saturated carbocycles. The van der Waals surface area contributed by atoms with Gasteiger partial charge in [0.25, 0.3) is 0 Å². The Morgan fingerprint density at radius 1 is 1.35 bits per heavy atom. The Balaban J connectivity index is 0.000000325. The van der Waals surface area contributed by atoms with Crippen molar-refractivity contribution >= 4 is 7.82 Å². The van der Waals surface area contributed by atoms with E-state index in [0.717, 1.165) is 6.42 Å². The lowest BCUT2D eigenvalue weighted by molar-refractivity contribution is 0.206. The molecule has 1 aromatic carbocycles. The summed E-state index contributed by atoms with van der Waals surface area (Å²) in [6.45, 7) is 3.58. The molecule has 0 aliphatic rings. The van der Waals surface area contributed by atoms with Crippen LogP contribution in [0.25, 0.3) is 0 Å². The van der Waals surface area contributed by atoms with E-state index in [1.165, 1.54) is 12.5 Å². The standard InChI is InChI=1S/C9H13N.C2H7O4P/c1-8(10)7-9-5-3-2-4-6-9;1-2-6-7(3,4)5/h2-6,8H,7,10H2,1H3;2H2,1H3,(H2,3,4,5). The molecule has 17 heavy (non-hydrogen) atoms. The van der Waals surface area contributed by atoms with Gasteiger partial charge in [0.2, 0.25) is 0 Å². The Hall–Kier alpha value is -0.710. The number of nitrogens with two attached hydrogens (primary N) is 1. The zero-order valence-electron chi connectivity index (χ0n) is 10.1. The van der Waals surface area contributed by atoms with Crippen molar-refractivity contribution in [3.8, 4) is 0 Å². The quantitative estimate of drug-likeness (QED) is 0.717. The van der Waals surface area contributed by atoms with Crippen molar-refractivity contribution in [2.24, 2.45) is 5.73 Å². The maximum absolute atomic E-state index is 9.70. The summed E-state index contributed by atoms with van der Waals surface area (Å²) >= 11 is 0. The SMILES string of the molecule is CC(N)Cc1ccccc1.CCOP(=O)(O)O. The lowest BCUT2D eigenvalue weighted by Gasteiger charge is -2.02. The van der Waals surface area contributed by atoms with Crippen molar-refractivity contribution in [3.63, 3.8) is 0 Å².